The third-order valence-corrected chi connectivity index (χ3v) is 3.81. The van der Waals surface area contributed by atoms with Crippen molar-refractivity contribution >= 4 is 5.97 Å². The van der Waals surface area contributed by atoms with Crippen LogP contribution >= 0.6 is 0 Å². The van der Waals surface area contributed by atoms with Gasteiger partial charge in [-0.15, -0.1) is 5.10 Å². The average Bonchev–Trinajstić information content (AvgIpc) is 2.59. The fourth-order valence-corrected chi connectivity index (χ4v) is 2.53. The van der Waals surface area contributed by atoms with Gasteiger partial charge in [0.15, 0.2) is 0 Å². The summed E-state index contributed by atoms with van der Waals surface area (Å²) in [7, 11) is 0. The fourth-order valence-electron chi connectivity index (χ4n) is 2.53. The van der Waals surface area contributed by atoms with Crippen molar-refractivity contribution in [3.63, 3.8) is 0 Å². The van der Waals surface area contributed by atoms with Gasteiger partial charge in [-0.2, -0.15) is 0 Å². The first-order chi connectivity index (χ1) is 7.75. The van der Waals surface area contributed by atoms with Crippen molar-refractivity contribution in [3.05, 3.63) is 11.4 Å². The van der Waals surface area contributed by atoms with Crippen LogP contribution in [0.5, 0.6) is 0 Å². The van der Waals surface area contributed by atoms with Crippen molar-refractivity contribution < 1.29 is 9.90 Å². The average molecular weight is 221 g/mol. The van der Waals surface area contributed by atoms with Crippen molar-refractivity contribution in [1.82, 2.24) is 15.0 Å². The molecule has 1 aromatic rings. The van der Waals surface area contributed by atoms with Crippen LogP contribution in [0.15, 0.2) is 0 Å². The molecule has 2 aliphatic rings. The van der Waals surface area contributed by atoms with Gasteiger partial charge in [-0.1, -0.05) is 5.21 Å². The Labute approximate surface area is 93.5 Å². The van der Waals surface area contributed by atoms with Crippen LogP contribution in [0.25, 0.3) is 0 Å². The second-order valence-electron chi connectivity index (χ2n) is 4.79. The number of hydrogen-bond acceptors (Lipinski definition) is 3. The third kappa shape index (κ3) is 1.42. The number of carboxylic acid groups (broad SMARTS) is 1. The van der Waals surface area contributed by atoms with E-state index in [0.717, 1.165) is 30.7 Å². The zero-order valence-electron chi connectivity index (χ0n) is 9.09. The molecular formula is C11H15N3O2. The number of rotatable bonds is 2. The van der Waals surface area contributed by atoms with Crippen molar-refractivity contribution in [2.75, 3.05) is 0 Å². The maximum atomic E-state index is 11.0. The van der Waals surface area contributed by atoms with E-state index in [-0.39, 0.29) is 5.92 Å². The molecule has 1 saturated carbocycles. The van der Waals surface area contributed by atoms with Gasteiger partial charge in [0.05, 0.1) is 23.3 Å². The Morgan fingerprint density at radius 2 is 2.19 bits per heavy atom. The van der Waals surface area contributed by atoms with Gasteiger partial charge < -0.3 is 5.11 Å². The second kappa shape index (κ2) is 3.57. The Balaban J connectivity index is 1.88. The Kier molecular flexibility index (Phi) is 2.19. The second-order valence-corrected chi connectivity index (χ2v) is 4.79. The zero-order chi connectivity index (χ0) is 11.1. The molecule has 0 amide bonds. The fraction of sp³-hybridized carbons (Fsp3) is 0.727. The van der Waals surface area contributed by atoms with E-state index in [0.29, 0.717) is 18.9 Å². The molecular weight excluding hydrogens is 206 g/mol. The van der Waals surface area contributed by atoms with Gasteiger partial charge in [0.25, 0.3) is 0 Å². The van der Waals surface area contributed by atoms with Crippen LogP contribution in [-0.2, 0) is 17.6 Å². The lowest BCUT2D eigenvalue weighted by Gasteiger charge is -2.28. The highest BCUT2D eigenvalue weighted by Crippen LogP contribution is 2.34. The molecule has 0 saturated heterocycles. The summed E-state index contributed by atoms with van der Waals surface area (Å²) < 4.78 is 1.98. The Bertz CT molecular complexity index is 423. The predicted octanol–water partition coefficient (Wildman–Crippen LogP) is 1.19. The minimum absolute atomic E-state index is 0.246. The lowest BCUT2D eigenvalue weighted by atomic mass is 9.88. The molecule has 2 aliphatic carbocycles. The Morgan fingerprint density at radius 1 is 1.38 bits per heavy atom. The molecule has 1 atom stereocenters. The molecule has 5 heteroatoms. The lowest BCUT2D eigenvalue weighted by Crippen LogP contribution is -2.27. The predicted molar refractivity (Wildman–Crippen MR) is 56.1 cm³/mol. The monoisotopic (exact) mass is 221 g/mol. The van der Waals surface area contributed by atoms with Gasteiger partial charge in [-0.05, 0) is 32.1 Å². The van der Waals surface area contributed by atoms with E-state index < -0.39 is 5.97 Å². The number of nitrogens with zero attached hydrogens (tertiary/aromatic N) is 3. The van der Waals surface area contributed by atoms with E-state index in [9.17, 15) is 4.79 Å². The van der Waals surface area contributed by atoms with Gasteiger partial charge in [0.1, 0.15) is 0 Å². The van der Waals surface area contributed by atoms with Crippen molar-refractivity contribution in [1.29, 1.82) is 0 Å². The van der Waals surface area contributed by atoms with Crippen LogP contribution < -0.4 is 0 Å². The highest BCUT2D eigenvalue weighted by molar-refractivity contribution is 5.70. The molecule has 0 unspecified atom stereocenters. The number of fused-ring (bicyclic) bond motifs is 1. The smallest absolute Gasteiger partial charge is 0.306 e. The molecule has 1 fully saturated rings. The molecule has 5 nitrogen and oxygen atoms in total. The Hall–Kier alpha value is -1.39. The maximum Gasteiger partial charge on any atom is 0.306 e. The molecule has 16 heavy (non-hydrogen) atoms. The minimum Gasteiger partial charge on any atom is -0.481 e. The van der Waals surface area contributed by atoms with E-state index in [2.05, 4.69) is 10.3 Å². The summed E-state index contributed by atoms with van der Waals surface area (Å²) in [6.45, 7) is 0. The van der Waals surface area contributed by atoms with Crippen LogP contribution in [0.3, 0.4) is 0 Å². The molecule has 0 bridgehead atoms. The van der Waals surface area contributed by atoms with Gasteiger partial charge >= 0.3 is 5.97 Å². The summed E-state index contributed by atoms with van der Waals surface area (Å²) in [5, 5.41) is 17.4. The van der Waals surface area contributed by atoms with E-state index in [1.165, 1.54) is 6.42 Å². The van der Waals surface area contributed by atoms with Crippen molar-refractivity contribution in [3.8, 4) is 0 Å². The van der Waals surface area contributed by atoms with Crippen LogP contribution in [0.4, 0.5) is 0 Å². The largest absolute Gasteiger partial charge is 0.481 e. The first-order valence-electron chi connectivity index (χ1n) is 5.91. The van der Waals surface area contributed by atoms with E-state index in [1.54, 1.807) is 0 Å². The highest BCUT2D eigenvalue weighted by atomic mass is 16.4. The van der Waals surface area contributed by atoms with Crippen molar-refractivity contribution in [2.24, 2.45) is 5.92 Å². The summed E-state index contributed by atoms with van der Waals surface area (Å²) in [5.74, 6) is -0.933. The normalized spacial score (nSPS) is 24.9. The van der Waals surface area contributed by atoms with Crippen LogP contribution in [0, 0.1) is 5.92 Å². The molecule has 0 radical (unpaired) electrons. The molecule has 3 rings (SSSR count). The molecule has 86 valence electrons. The lowest BCUT2D eigenvalue weighted by molar-refractivity contribution is -0.142. The quantitative estimate of drug-likeness (QED) is 0.814. The molecule has 0 aromatic carbocycles. The molecule has 1 heterocycles. The highest BCUT2D eigenvalue weighted by Gasteiger charge is 2.31. The summed E-state index contributed by atoms with van der Waals surface area (Å²) in [6, 6.07) is 0.476. The zero-order valence-corrected chi connectivity index (χ0v) is 9.09. The molecule has 1 aromatic heterocycles. The number of aryl methyl sites for hydroxylation is 1. The summed E-state index contributed by atoms with van der Waals surface area (Å²) >= 11 is 0. The van der Waals surface area contributed by atoms with Crippen LogP contribution in [0.2, 0.25) is 0 Å². The van der Waals surface area contributed by atoms with Gasteiger partial charge in [0, 0.05) is 6.42 Å². The van der Waals surface area contributed by atoms with Gasteiger partial charge in [-0.25, -0.2) is 4.68 Å². The standard InChI is InChI=1S/C11H15N3O2/c15-11(16)7-4-5-9-10(6-7)14(13-12-9)8-2-1-3-8/h7-8H,1-6H2,(H,15,16)/t7-/m1/s1. The number of carboxylic acids is 1. The van der Waals surface area contributed by atoms with Crippen molar-refractivity contribution in [2.45, 2.75) is 44.6 Å². The first kappa shape index (κ1) is 9.81. The van der Waals surface area contributed by atoms with E-state index in [1.807, 2.05) is 4.68 Å². The van der Waals surface area contributed by atoms with E-state index in [4.69, 9.17) is 5.11 Å². The number of aliphatic carboxylic acids is 1. The summed E-state index contributed by atoms with van der Waals surface area (Å²) in [4.78, 5) is 11.0. The maximum absolute atomic E-state index is 11.0. The number of aromatic nitrogens is 3. The topological polar surface area (TPSA) is 68.0 Å². The minimum atomic E-state index is -0.688. The molecule has 0 aliphatic heterocycles. The summed E-state index contributed by atoms with van der Waals surface area (Å²) in [6.07, 6.45) is 5.64. The van der Waals surface area contributed by atoms with Crippen LogP contribution in [0.1, 0.15) is 43.1 Å². The van der Waals surface area contributed by atoms with E-state index >= 15 is 0 Å². The third-order valence-electron chi connectivity index (χ3n) is 3.81. The number of hydrogen-bond donors (Lipinski definition) is 1. The molecule has 1 N–H and O–H groups in total. The van der Waals surface area contributed by atoms with Gasteiger partial charge in [-0.3, -0.25) is 4.79 Å². The SMILES string of the molecule is O=C(O)[C@@H]1CCc2nnn(C3CCC3)c2C1. The van der Waals surface area contributed by atoms with Crippen LogP contribution in [-0.4, -0.2) is 26.1 Å². The number of carbonyl (C=O) groups is 1. The first-order valence-corrected chi connectivity index (χ1v) is 5.91. The Morgan fingerprint density at radius 3 is 2.81 bits per heavy atom. The summed E-state index contributed by atoms with van der Waals surface area (Å²) in [5.41, 5.74) is 2.09. The molecule has 0 spiro atoms. The van der Waals surface area contributed by atoms with Gasteiger partial charge in [0.2, 0.25) is 0 Å².